The lowest BCUT2D eigenvalue weighted by atomic mass is 10.0. The maximum absolute atomic E-state index is 2.39. The molecule has 0 fully saturated rings. The van der Waals surface area contributed by atoms with E-state index < -0.39 is 0 Å². The van der Waals surface area contributed by atoms with E-state index in [1.807, 2.05) is 22.7 Å². The van der Waals surface area contributed by atoms with Gasteiger partial charge in [-0.2, -0.15) is 0 Å². The third-order valence-electron chi connectivity index (χ3n) is 10.0. The van der Waals surface area contributed by atoms with Crippen molar-refractivity contribution in [2.24, 2.45) is 14.1 Å². The number of para-hydroxylation sites is 2. The molecule has 10 aromatic rings. The highest BCUT2D eigenvalue weighted by Gasteiger charge is 2.15. The predicted molar refractivity (Wildman–Crippen MR) is 209 cm³/mol. The van der Waals surface area contributed by atoms with Crippen LogP contribution in [-0.4, -0.2) is 9.13 Å². The van der Waals surface area contributed by atoms with Crippen molar-refractivity contribution in [1.29, 1.82) is 0 Å². The topological polar surface area (TPSA) is 9.86 Å². The lowest BCUT2D eigenvalue weighted by molar-refractivity contribution is 0.978. The lowest BCUT2D eigenvalue weighted by Gasteiger charge is -2.07. The van der Waals surface area contributed by atoms with Gasteiger partial charge in [0.25, 0.3) is 0 Å². The smallest absolute Gasteiger partial charge is 0.0542 e. The van der Waals surface area contributed by atoms with E-state index in [1.54, 1.807) is 0 Å². The number of aryl methyl sites for hydroxylation is 2. The van der Waals surface area contributed by atoms with Gasteiger partial charge >= 0.3 is 0 Å². The number of thiophene rings is 2. The molecule has 10 rings (SSSR count). The number of fused-ring (bicyclic) bond motifs is 7. The van der Waals surface area contributed by atoms with Gasteiger partial charge < -0.3 is 9.13 Å². The average molecular weight is 651 g/mol. The Balaban J connectivity index is 0.985. The molecule has 0 saturated heterocycles. The predicted octanol–water partition coefficient (Wildman–Crippen LogP) is 12.9. The molecule has 0 unspecified atom stereocenters. The molecule has 48 heavy (non-hydrogen) atoms. The highest BCUT2D eigenvalue weighted by Crippen LogP contribution is 2.46. The Morgan fingerprint density at radius 3 is 1.17 bits per heavy atom. The zero-order valence-electron chi connectivity index (χ0n) is 26.6. The van der Waals surface area contributed by atoms with E-state index in [0.717, 1.165) is 0 Å². The Labute approximate surface area is 286 Å². The second kappa shape index (κ2) is 10.5. The van der Waals surface area contributed by atoms with Crippen LogP contribution in [0.15, 0.2) is 146 Å². The molecule has 0 aliphatic rings. The van der Waals surface area contributed by atoms with Crippen molar-refractivity contribution in [2.45, 2.75) is 0 Å². The molecule has 0 bridgehead atoms. The van der Waals surface area contributed by atoms with Gasteiger partial charge in [0.1, 0.15) is 0 Å². The lowest BCUT2D eigenvalue weighted by Crippen LogP contribution is -1.90. The van der Waals surface area contributed by atoms with E-state index in [4.69, 9.17) is 0 Å². The molecule has 0 aliphatic carbocycles. The molecule has 4 aromatic heterocycles. The number of hydrogen-bond donors (Lipinski definition) is 0. The molecule has 0 amide bonds. The third-order valence-corrected chi connectivity index (χ3v) is 12.5. The molecule has 0 aliphatic heterocycles. The van der Waals surface area contributed by atoms with Gasteiger partial charge in [0.15, 0.2) is 0 Å². The quantitative estimate of drug-likeness (QED) is 0.179. The molecule has 228 valence electrons. The zero-order valence-corrected chi connectivity index (χ0v) is 28.2. The Morgan fingerprint density at radius 1 is 0.375 bits per heavy atom. The van der Waals surface area contributed by atoms with Crippen molar-refractivity contribution in [3.05, 3.63) is 146 Å². The van der Waals surface area contributed by atoms with Crippen molar-refractivity contribution in [3.8, 4) is 44.8 Å². The SMILES string of the molecule is Cn1c(-c2ccc(-c3ccc4sc5c6cc(-c7ccc(-c8cc9ccccc9n8C)cc7)ccc6sc5c4c3)cc2)cc2ccccc21. The molecule has 0 saturated carbocycles. The molecule has 4 heteroatoms. The Hall–Kier alpha value is -5.42. The number of nitrogens with zero attached hydrogens (tertiary/aromatic N) is 2. The molecule has 0 radical (unpaired) electrons. The van der Waals surface area contributed by atoms with Gasteiger partial charge in [-0.3, -0.25) is 0 Å². The molecule has 4 heterocycles. The first-order valence-electron chi connectivity index (χ1n) is 16.3. The summed E-state index contributed by atoms with van der Waals surface area (Å²) in [6.45, 7) is 0. The van der Waals surface area contributed by atoms with Crippen LogP contribution < -0.4 is 0 Å². The first-order chi connectivity index (χ1) is 23.6. The van der Waals surface area contributed by atoms with Gasteiger partial charge in [-0.15, -0.1) is 22.7 Å². The number of hydrogen-bond acceptors (Lipinski definition) is 2. The summed E-state index contributed by atoms with van der Waals surface area (Å²) in [7, 11) is 4.30. The van der Waals surface area contributed by atoms with E-state index in [1.165, 1.54) is 96.1 Å². The van der Waals surface area contributed by atoms with Crippen molar-refractivity contribution < 1.29 is 0 Å². The fraction of sp³-hybridized carbons (Fsp3) is 0.0455. The van der Waals surface area contributed by atoms with Crippen molar-refractivity contribution >= 4 is 74.1 Å². The summed E-state index contributed by atoms with van der Waals surface area (Å²) in [5.41, 5.74) is 12.5. The number of aromatic nitrogens is 2. The molecular formula is C44H30N2S2. The van der Waals surface area contributed by atoms with Crippen LogP contribution in [0.25, 0.3) is 96.1 Å². The van der Waals surface area contributed by atoms with Crippen LogP contribution in [0, 0.1) is 0 Å². The summed E-state index contributed by atoms with van der Waals surface area (Å²) < 4.78 is 10.0. The fourth-order valence-electron chi connectivity index (χ4n) is 7.42. The number of rotatable bonds is 4. The largest absolute Gasteiger partial charge is 0.344 e. The van der Waals surface area contributed by atoms with Crippen LogP contribution in [0.2, 0.25) is 0 Å². The van der Waals surface area contributed by atoms with E-state index >= 15 is 0 Å². The summed E-state index contributed by atoms with van der Waals surface area (Å²) >= 11 is 3.83. The summed E-state index contributed by atoms with van der Waals surface area (Å²) in [5.74, 6) is 0. The minimum absolute atomic E-state index is 1.24. The third kappa shape index (κ3) is 4.23. The molecule has 0 spiro atoms. The van der Waals surface area contributed by atoms with Gasteiger partial charge in [0.2, 0.25) is 0 Å². The van der Waals surface area contributed by atoms with E-state index in [9.17, 15) is 0 Å². The van der Waals surface area contributed by atoms with Crippen LogP contribution in [0.4, 0.5) is 0 Å². The standard InChI is InChI=1S/C44H30N2S2/c1-45-37-9-5-3-7-33(37)25-39(45)29-15-11-27(12-16-29)31-19-21-41-35(23-31)43-44(47-41)36-24-32(20-22-42(36)48-43)28-13-17-30(18-14-28)40-26-34-8-4-6-10-38(34)46(40)2/h3-26H,1-2H3. The minimum atomic E-state index is 1.24. The fourth-order valence-corrected chi connectivity index (χ4v) is 10.0. The van der Waals surface area contributed by atoms with Gasteiger partial charge in [-0.25, -0.2) is 0 Å². The van der Waals surface area contributed by atoms with Crippen LogP contribution in [0.1, 0.15) is 0 Å². The average Bonchev–Trinajstić information content (AvgIpc) is 3.88. The minimum Gasteiger partial charge on any atom is -0.344 e. The van der Waals surface area contributed by atoms with Crippen LogP contribution in [0.3, 0.4) is 0 Å². The maximum atomic E-state index is 2.39. The van der Waals surface area contributed by atoms with Crippen molar-refractivity contribution in [2.75, 3.05) is 0 Å². The van der Waals surface area contributed by atoms with Crippen molar-refractivity contribution in [1.82, 2.24) is 9.13 Å². The Kier molecular flexibility index (Phi) is 6.08. The van der Waals surface area contributed by atoms with Crippen molar-refractivity contribution in [3.63, 3.8) is 0 Å². The zero-order chi connectivity index (χ0) is 31.9. The summed E-state index contributed by atoms with van der Waals surface area (Å²) in [4.78, 5) is 0. The normalized spacial score (nSPS) is 12.0. The maximum Gasteiger partial charge on any atom is 0.0542 e. The van der Waals surface area contributed by atoms with Crippen LogP contribution in [0.5, 0.6) is 0 Å². The summed E-state index contributed by atoms with van der Waals surface area (Å²) in [6, 6.07) is 53.8. The molecule has 0 atom stereocenters. The second-order valence-electron chi connectivity index (χ2n) is 12.7. The second-order valence-corrected chi connectivity index (χ2v) is 14.8. The molecule has 0 N–H and O–H groups in total. The van der Waals surface area contributed by atoms with Gasteiger partial charge in [-0.1, -0.05) is 97.1 Å². The van der Waals surface area contributed by atoms with E-state index in [2.05, 4.69) is 169 Å². The van der Waals surface area contributed by atoms with Crippen LogP contribution >= 0.6 is 22.7 Å². The first-order valence-corrected chi connectivity index (χ1v) is 17.9. The highest BCUT2D eigenvalue weighted by molar-refractivity contribution is 7.36. The van der Waals surface area contributed by atoms with Gasteiger partial charge in [-0.05, 0) is 81.9 Å². The monoisotopic (exact) mass is 650 g/mol. The first kappa shape index (κ1) is 27.7. The Morgan fingerprint density at radius 2 is 0.750 bits per heavy atom. The number of benzene rings is 6. The summed E-state index contributed by atoms with van der Waals surface area (Å²) in [5, 5.41) is 5.26. The van der Waals surface area contributed by atoms with E-state index in [-0.39, 0.29) is 0 Å². The van der Waals surface area contributed by atoms with E-state index in [0.29, 0.717) is 0 Å². The van der Waals surface area contributed by atoms with Crippen LogP contribution in [-0.2, 0) is 14.1 Å². The summed E-state index contributed by atoms with van der Waals surface area (Å²) in [6.07, 6.45) is 0. The highest BCUT2D eigenvalue weighted by atomic mass is 32.1. The molecule has 6 aromatic carbocycles. The molecule has 2 nitrogen and oxygen atoms in total. The molecular weight excluding hydrogens is 621 g/mol. The van der Waals surface area contributed by atoms with Gasteiger partial charge in [0, 0.05) is 67.5 Å². The van der Waals surface area contributed by atoms with Gasteiger partial charge in [0.05, 0.1) is 9.40 Å². The Bertz CT molecular complexity index is 2640.